The largest absolute Gasteiger partial charge is 0.363 e. The molecule has 3 aromatic rings. The molecule has 2 aromatic heterocycles. The minimum atomic E-state index is 0.729. The zero-order chi connectivity index (χ0) is 17.8. The second kappa shape index (κ2) is 7.48. The van der Waals surface area contributed by atoms with Crippen molar-refractivity contribution in [2.24, 2.45) is 7.05 Å². The van der Waals surface area contributed by atoms with E-state index in [0.717, 1.165) is 31.1 Å². The molecule has 0 aliphatic rings. The summed E-state index contributed by atoms with van der Waals surface area (Å²) in [5.74, 6) is 1.14. The summed E-state index contributed by atoms with van der Waals surface area (Å²) >= 11 is 0. The Morgan fingerprint density at radius 2 is 1.88 bits per heavy atom. The summed E-state index contributed by atoms with van der Waals surface area (Å²) in [5, 5.41) is 12.3. The van der Waals surface area contributed by atoms with Gasteiger partial charge in [0.05, 0.1) is 12.2 Å². The Morgan fingerprint density at radius 1 is 1.12 bits per heavy atom. The highest BCUT2D eigenvalue weighted by atomic mass is 15.4. The Kier molecular flexibility index (Phi) is 5.14. The summed E-state index contributed by atoms with van der Waals surface area (Å²) in [6.07, 6.45) is 3.31. The van der Waals surface area contributed by atoms with Crippen molar-refractivity contribution in [3.05, 3.63) is 59.3 Å². The number of nitrogens with one attached hydrogen (secondary N) is 1. The Bertz CT molecular complexity index is 818. The molecular weight excluding hydrogens is 314 g/mol. The van der Waals surface area contributed by atoms with E-state index >= 15 is 0 Å². The average molecular weight is 339 g/mol. The zero-order valence-electron chi connectivity index (χ0n) is 15.3. The number of benzene rings is 1. The number of aromatic nitrogens is 5. The molecule has 0 amide bonds. The molecule has 1 N–H and O–H groups in total. The lowest BCUT2D eigenvalue weighted by Gasteiger charge is -2.16. The maximum atomic E-state index is 4.54. The summed E-state index contributed by atoms with van der Waals surface area (Å²) in [5.41, 5.74) is 4.82. The van der Waals surface area contributed by atoms with Crippen LogP contribution >= 0.6 is 0 Å². The second-order valence-corrected chi connectivity index (χ2v) is 6.37. The van der Waals surface area contributed by atoms with Gasteiger partial charge in [0.25, 0.3) is 0 Å². The van der Waals surface area contributed by atoms with Crippen LogP contribution in [0.3, 0.4) is 0 Å². The zero-order valence-corrected chi connectivity index (χ0v) is 15.3. The smallest absolute Gasteiger partial charge is 0.137 e. The van der Waals surface area contributed by atoms with Crippen molar-refractivity contribution in [2.75, 3.05) is 19.0 Å². The monoisotopic (exact) mass is 339 g/mol. The van der Waals surface area contributed by atoms with Crippen LogP contribution in [0.1, 0.15) is 22.4 Å². The molecule has 0 radical (unpaired) electrons. The van der Waals surface area contributed by atoms with Crippen LogP contribution in [-0.4, -0.2) is 38.6 Å². The summed E-state index contributed by atoms with van der Waals surface area (Å²) in [6, 6.07) is 8.43. The van der Waals surface area contributed by atoms with Gasteiger partial charge < -0.3 is 10.2 Å². The molecule has 7 heteroatoms. The number of aryl methyl sites for hydroxylation is 2. The molecule has 0 aliphatic heterocycles. The SMILES string of the molecule is Cc1nn(C)c(N(C)C)c1CNCc1ccccc1Cn1cncn1. The molecule has 0 saturated carbocycles. The van der Waals surface area contributed by atoms with Crippen LogP contribution in [0.2, 0.25) is 0 Å². The van der Waals surface area contributed by atoms with Crippen molar-refractivity contribution in [3.8, 4) is 0 Å². The first-order chi connectivity index (χ1) is 12.1. The van der Waals surface area contributed by atoms with Gasteiger partial charge in [0.1, 0.15) is 18.5 Å². The summed E-state index contributed by atoms with van der Waals surface area (Å²) in [6.45, 7) is 4.37. The van der Waals surface area contributed by atoms with E-state index in [-0.39, 0.29) is 0 Å². The lowest BCUT2D eigenvalue weighted by Crippen LogP contribution is -2.19. The minimum absolute atomic E-state index is 0.729. The highest BCUT2D eigenvalue weighted by molar-refractivity contribution is 5.48. The van der Waals surface area contributed by atoms with E-state index in [1.165, 1.54) is 16.7 Å². The van der Waals surface area contributed by atoms with E-state index in [1.807, 2.05) is 30.5 Å². The number of hydrogen-bond donors (Lipinski definition) is 1. The normalized spacial score (nSPS) is 11.0. The predicted molar refractivity (Wildman–Crippen MR) is 98.4 cm³/mol. The molecule has 0 atom stereocenters. The minimum Gasteiger partial charge on any atom is -0.363 e. The molecule has 132 valence electrons. The molecule has 0 spiro atoms. The van der Waals surface area contributed by atoms with Crippen LogP contribution in [0.5, 0.6) is 0 Å². The van der Waals surface area contributed by atoms with Gasteiger partial charge in [-0.3, -0.25) is 4.68 Å². The molecule has 2 heterocycles. The molecule has 0 fully saturated rings. The van der Waals surface area contributed by atoms with Gasteiger partial charge in [-0.15, -0.1) is 0 Å². The third-order valence-corrected chi connectivity index (χ3v) is 4.27. The molecule has 25 heavy (non-hydrogen) atoms. The Labute approximate surface area is 148 Å². The van der Waals surface area contributed by atoms with Crippen molar-refractivity contribution >= 4 is 5.82 Å². The van der Waals surface area contributed by atoms with E-state index in [4.69, 9.17) is 0 Å². The predicted octanol–water partition coefficient (Wildman–Crippen LogP) is 1.72. The van der Waals surface area contributed by atoms with Gasteiger partial charge in [0.2, 0.25) is 0 Å². The van der Waals surface area contributed by atoms with Crippen molar-refractivity contribution in [2.45, 2.75) is 26.6 Å². The first-order valence-electron chi connectivity index (χ1n) is 8.36. The molecule has 0 saturated heterocycles. The number of anilines is 1. The summed E-state index contributed by atoms with van der Waals surface area (Å²) in [4.78, 5) is 6.12. The second-order valence-electron chi connectivity index (χ2n) is 6.37. The van der Waals surface area contributed by atoms with Crippen molar-refractivity contribution in [3.63, 3.8) is 0 Å². The molecule has 0 unspecified atom stereocenters. The average Bonchev–Trinajstić information content (AvgIpc) is 3.17. The van der Waals surface area contributed by atoms with Crippen molar-refractivity contribution in [1.82, 2.24) is 29.9 Å². The highest BCUT2D eigenvalue weighted by Gasteiger charge is 2.14. The van der Waals surface area contributed by atoms with E-state index in [2.05, 4.69) is 56.6 Å². The quantitative estimate of drug-likeness (QED) is 0.710. The fraction of sp³-hybridized carbons (Fsp3) is 0.389. The molecule has 1 aromatic carbocycles. The van der Waals surface area contributed by atoms with Gasteiger partial charge in [-0.1, -0.05) is 24.3 Å². The van der Waals surface area contributed by atoms with E-state index in [0.29, 0.717) is 0 Å². The molecule has 0 aliphatic carbocycles. The number of hydrogen-bond acceptors (Lipinski definition) is 5. The van der Waals surface area contributed by atoms with E-state index in [1.54, 1.807) is 12.7 Å². The van der Waals surface area contributed by atoms with Crippen LogP contribution in [0, 0.1) is 6.92 Å². The third-order valence-electron chi connectivity index (χ3n) is 4.27. The maximum absolute atomic E-state index is 4.54. The first kappa shape index (κ1) is 17.2. The van der Waals surface area contributed by atoms with E-state index in [9.17, 15) is 0 Å². The molecule has 7 nitrogen and oxygen atoms in total. The summed E-state index contributed by atoms with van der Waals surface area (Å²) < 4.78 is 3.78. The molecule has 3 rings (SSSR count). The fourth-order valence-electron chi connectivity index (χ4n) is 3.15. The van der Waals surface area contributed by atoms with Crippen LogP contribution in [-0.2, 0) is 26.7 Å². The van der Waals surface area contributed by atoms with Gasteiger partial charge in [0.15, 0.2) is 0 Å². The molecular formula is C18H25N7. The maximum Gasteiger partial charge on any atom is 0.137 e. The Morgan fingerprint density at radius 3 is 2.56 bits per heavy atom. The van der Waals surface area contributed by atoms with Gasteiger partial charge in [-0.05, 0) is 18.1 Å². The summed E-state index contributed by atoms with van der Waals surface area (Å²) in [7, 11) is 6.08. The van der Waals surface area contributed by atoms with Crippen molar-refractivity contribution in [1.29, 1.82) is 0 Å². The lowest BCUT2D eigenvalue weighted by atomic mass is 10.1. The fourth-order valence-corrected chi connectivity index (χ4v) is 3.15. The van der Waals surface area contributed by atoms with Crippen molar-refractivity contribution < 1.29 is 0 Å². The lowest BCUT2D eigenvalue weighted by molar-refractivity contribution is 0.653. The van der Waals surface area contributed by atoms with E-state index < -0.39 is 0 Å². The van der Waals surface area contributed by atoms with Gasteiger partial charge in [-0.25, -0.2) is 9.67 Å². The topological polar surface area (TPSA) is 63.8 Å². The number of rotatable bonds is 7. The van der Waals surface area contributed by atoms with Crippen LogP contribution < -0.4 is 10.2 Å². The Balaban J connectivity index is 1.69. The van der Waals surface area contributed by atoms with Crippen LogP contribution in [0.15, 0.2) is 36.9 Å². The third kappa shape index (κ3) is 3.88. The highest BCUT2D eigenvalue weighted by Crippen LogP contribution is 2.21. The molecule has 0 bridgehead atoms. The van der Waals surface area contributed by atoms with Gasteiger partial charge in [-0.2, -0.15) is 10.2 Å². The van der Waals surface area contributed by atoms with Gasteiger partial charge >= 0.3 is 0 Å². The standard InChI is InChI=1S/C18H25N7/c1-14-17(18(23(2)3)24(4)22-14)10-19-9-15-7-5-6-8-16(15)11-25-13-20-12-21-25/h5-8,12-13,19H,9-11H2,1-4H3. The van der Waals surface area contributed by atoms with Gasteiger partial charge in [0, 0.05) is 39.8 Å². The van der Waals surface area contributed by atoms with Crippen LogP contribution in [0.25, 0.3) is 0 Å². The number of nitrogens with zero attached hydrogens (tertiary/aromatic N) is 6. The Hall–Kier alpha value is -2.67. The first-order valence-corrected chi connectivity index (χ1v) is 8.36. The van der Waals surface area contributed by atoms with Crippen LogP contribution in [0.4, 0.5) is 5.82 Å².